The van der Waals surface area contributed by atoms with Gasteiger partial charge in [0.05, 0.1) is 0 Å². The van der Waals surface area contributed by atoms with Crippen LogP contribution in [0.4, 0.5) is 0 Å². The van der Waals surface area contributed by atoms with Crippen molar-refractivity contribution in [3.63, 3.8) is 0 Å². The van der Waals surface area contributed by atoms with Crippen LogP contribution in [0.25, 0.3) is 11.5 Å². The third-order valence-electron chi connectivity index (χ3n) is 4.81. The minimum atomic E-state index is -0.0589. The Labute approximate surface area is 168 Å². The Bertz CT molecular complexity index is 994. The van der Waals surface area contributed by atoms with Crippen LogP contribution < -0.4 is 5.32 Å². The molecule has 0 spiro atoms. The van der Waals surface area contributed by atoms with Gasteiger partial charge in [0.25, 0.3) is 17.7 Å². The maximum absolute atomic E-state index is 12.4. The third-order valence-corrected chi connectivity index (χ3v) is 4.81. The summed E-state index contributed by atoms with van der Waals surface area (Å²) in [6, 6.07) is 16.6. The van der Waals surface area contributed by atoms with Crippen molar-refractivity contribution in [2.45, 2.75) is 25.3 Å². The Morgan fingerprint density at radius 2 is 1.79 bits per heavy atom. The summed E-state index contributed by atoms with van der Waals surface area (Å²) in [6.45, 7) is 0.479. The van der Waals surface area contributed by atoms with Crippen LogP contribution in [0.3, 0.4) is 0 Å². The second-order valence-electron chi connectivity index (χ2n) is 7.18. The molecule has 3 aromatic rings. The molecule has 0 bridgehead atoms. The standard InChI is InChI=1S/C22H22N4O3/c1-26(22(28)17-5-3-2-4-6-17)14-13-19-24-21(29-25-19)16-9-7-15(8-10-16)20(27)23-18-11-12-18/h2-10,18H,11-14H2,1H3,(H,23,27). The predicted octanol–water partition coefficient (Wildman–Crippen LogP) is 2.94. The summed E-state index contributed by atoms with van der Waals surface area (Å²) in [7, 11) is 1.75. The zero-order valence-electron chi connectivity index (χ0n) is 16.2. The van der Waals surface area contributed by atoms with E-state index in [1.807, 2.05) is 18.2 Å². The van der Waals surface area contributed by atoms with Crippen LogP contribution in [-0.2, 0) is 6.42 Å². The van der Waals surface area contributed by atoms with Crippen LogP contribution in [0.15, 0.2) is 59.1 Å². The highest BCUT2D eigenvalue weighted by molar-refractivity contribution is 5.95. The summed E-state index contributed by atoms with van der Waals surface area (Å²) in [5, 5.41) is 6.96. The number of hydrogen-bond donors (Lipinski definition) is 1. The van der Waals surface area contributed by atoms with Crippen LogP contribution in [-0.4, -0.2) is 46.5 Å². The summed E-state index contributed by atoms with van der Waals surface area (Å²) in [5.41, 5.74) is 2.01. The van der Waals surface area contributed by atoms with Crippen molar-refractivity contribution >= 4 is 11.8 Å². The molecular formula is C22H22N4O3. The average molecular weight is 390 g/mol. The van der Waals surface area contributed by atoms with E-state index in [9.17, 15) is 9.59 Å². The molecule has 1 aromatic heterocycles. The summed E-state index contributed by atoms with van der Waals surface area (Å²) < 4.78 is 5.34. The predicted molar refractivity (Wildman–Crippen MR) is 107 cm³/mol. The van der Waals surface area contributed by atoms with Gasteiger partial charge in [-0.25, -0.2) is 0 Å². The van der Waals surface area contributed by atoms with E-state index in [-0.39, 0.29) is 11.8 Å². The van der Waals surface area contributed by atoms with Gasteiger partial charge >= 0.3 is 0 Å². The van der Waals surface area contributed by atoms with E-state index < -0.39 is 0 Å². The van der Waals surface area contributed by atoms with Gasteiger partial charge in [0, 0.05) is 42.7 Å². The molecule has 2 aromatic carbocycles. The van der Waals surface area contributed by atoms with E-state index in [2.05, 4.69) is 15.5 Å². The molecule has 0 unspecified atom stereocenters. The molecule has 4 rings (SSSR count). The Hall–Kier alpha value is -3.48. The fraction of sp³-hybridized carbons (Fsp3) is 0.273. The molecule has 2 amide bonds. The van der Waals surface area contributed by atoms with Gasteiger partial charge in [-0.05, 0) is 49.2 Å². The lowest BCUT2D eigenvalue weighted by molar-refractivity contribution is 0.0795. The number of aromatic nitrogens is 2. The van der Waals surface area contributed by atoms with E-state index in [0.717, 1.165) is 18.4 Å². The van der Waals surface area contributed by atoms with Crippen LogP contribution >= 0.6 is 0 Å². The molecule has 29 heavy (non-hydrogen) atoms. The van der Waals surface area contributed by atoms with Gasteiger partial charge in [0.2, 0.25) is 0 Å². The van der Waals surface area contributed by atoms with Crippen molar-refractivity contribution in [3.05, 3.63) is 71.5 Å². The molecule has 148 valence electrons. The topological polar surface area (TPSA) is 88.3 Å². The maximum atomic E-state index is 12.4. The van der Waals surface area contributed by atoms with Gasteiger partial charge in [-0.15, -0.1) is 0 Å². The minimum Gasteiger partial charge on any atom is -0.349 e. The molecule has 7 nitrogen and oxygen atoms in total. The number of nitrogens with zero attached hydrogens (tertiary/aromatic N) is 3. The van der Waals surface area contributed by atoms with Crippen LogP contribution in [0.1, 0.15) is 39.4 Å². The van der Waals surface area contributed by atoms with E-state index >= 15 is 0 Å². The van der Waals surface area contributed by atoms with Gasteiger partial charge < -0.3 is 14.7 Å². The van der Waals surface area contributed by atoms with Crippen molar-refractivity contribution in [1.29, 1.82) is 0 Å². The highest BCUT2D eigenvalue weighted by Gasteiger charge is 2.23. The first kappa shape index (κ1) is 18.9. The molecule has 0 aliphatic heterocycles. The highest BCUT2D eigenvalue weighted by Crippen LogP contribution is 2.21. The van der Waals surface area contributed by atoms with Crippen molar-refractivity contribution in [2.24, 2.45) is 0 Å². The van der Waals surface area contributed by atoms with E-state index in [4.69, 9.17) is 4.52 Å². The number of amides is 2. The van der Waals surface area contributed by atoms with Gasteiger partial charge in [-0.1, -0.05) is 23.4 Å². The molecule has 0 atom stereocenters. The van der Waals surface area contributed by atoms with Gasteiger partial charge in [-0.3, -0.25) is 9.59 Å². The fourth-order valence-corrected chi connectivity index (χ4v) is 2.90. The summed E-state index contributed by atoms with van der Waals surface area (Å²) in [6.07, 6.45) is 2.60. The number of carbonyl (C=O) groups excluding carboxylic acids is 2. The highest BCUT2D eigenvalue weighted by atomic mass is 16.5. The Balaban J connectivity index is 1.34. The molecule has 1 aliphatic carbocycles. The lowest BCUT2D eigenvalue weighted by Gasteiger charge is -2.15. The van der Waals surface area contributed by atoms with Crippen LogP contribution in [0.2, 0.25) is 0 Å². The molecule has 1 heterocycles. The van der Waals surface area contributed by atoms with Gasteiger partial charge in [0.1, 0.15) is 0 Å². The molecule has 7 heteroatoms. The van der Waals surface area contributed by atoms with Crippen LogP contribution in [0.5, 0.6) is 0 Å². The third kappa shape index (κ3) is 4.68. The second-order valence-corrected chi connectivity index (χ2v) is 7.18. The number of benzene rings is 2. The van der Waals surface area contributed by atoms with Gasteiger partial charge in [0.15, 0.2) is 5.82 Å². The van der Waals surface area contributed by atoms with Crippen molar-refractivity contribution < 1.29 is 14.1 Å². The number of likely N-dealkylation sites (N-methyl/N-ethyl adjacent to an activating group) is 1. The first-order valence-electron chi connectivity index (χ1n) is 9.64. The normalized spacial score (nSPS) is 13.1. The average Bonchev–Trinajstić information content (AvgIpc) is 3.45. The molecular weight excluding hydrogens is 368 g/mol. The number of nitrogens with one attached hydrogen (secondary N) is 1. The molecule has 1 saturated carbocycles. The SMILES string of the molecule is CN(CCc1noc(-c2ccc(C(=O)NC3CC3)cc2)n1)C(=O)c1ccccc1. The van der Waals surface area contributed by atoms with Crippen molar-refractivity contribution in [1.82, 2.24) is 20.4 Å². The largest absolute Gasteiger partial charge is 0.349 e. The van der Waals surface area contributed by atoms with Gasteiger partial charge in [-0.2, -0.15) is 4.98 Å². The Kier molecular flexibility index (Phi) is 5.37. The summed E-state index contributed by atoms with van der Waals surface area (Å²) in [4.78, 5) is 30.5. The first-order chi connectivity index (χ1) is 14.1. The monoisotopic (exact) mass is 390 g/mol. The molecule has 1 aliphatic rings. The molecule has 1 fully saturated rings. The zero-order valence-corrected chi connectivity index (χ0v) is 16.2. The number of carbonyl (C=O) groups is 2. The quantitative estimate of drug-likeness (QED) is 0.670. The Morgan fingerprint density at radius 3 is 2.48 bits per heavy atom. The maximum Gasteiger partial charge on any atom is 0.257 e. The minimum absolute atomic E-state index is 0.0469. The van der Waals surface area contributed by atoms with E-state index in [1.54, 1.807) is 48.3 Å². The van der Waals surface area contributed by atoms with Crippen molar-refractivity contribution in [2.75, 3.05) is 13.6 Å². The molecule has 1 N–H and O–H groups in total. The van der Waals surface area contributed by atoms with Crippen molar-refractivity contribution in [3.8, 4) is 11.5 Å². The van der Waals surface area contributed by atoms with E-state index in [1.165, 1.54) is 0 Å². The Morgan fingerprint density at radius 1 is 1.07 bits per heavy atom. The zero-order chi connectivity index (χ0) is 20.2. The van der Waals surface area contributed by atoms with E-state index in [0.29, 0.717) is 41.8 Å². The smallest absolute Gasteiger partial charge is 0.257 e. The summed E-state index contributed by atoms with van der Waals surface area (Å²) in [5.74, 6) is 0.820. The fourth-order valence-electron chi connectivity index (χ4n) is 2.90. The molecule has 0 saturated heterocycles. The lowest BCUT2D eigenvalue weighted by Crippen LogP contribution is -2.29. The second kappa shape index (κ2) is 8.26. The number of hydrogen-bond acceptors (Lipinski definition) is 5. The summed E-state index contributed by atoms with van der Waals surface area (Å²) >= 11 is 0. The first-order valence-corrected chi connectivity index (χ1v) is 9.64. The van der Waals surface area contributed by atoms with Crippen LogP contribution in [0, 0.1) is 0 Å². The molecule has 0 radical (unpaired) electrons. The number of rotatable bonds is 7. The lowest BCUT2D eigenvalue weighted by atomic mass is 10.1.